The first-order valence-electron chi connectivity index (χ1n) is 3.11. The minimum Gasteiger partial charge on any atom is -0.385 e. The summed E-state index contributed by atoms with van der Waals surface area (Å²) in [5.74, 6) is 0. The molecule has 0 aromatic rings. The standard InChI is InChI=1S/C6H8N3/c1-2-8-6-3-7-4-9-5(1)6/h3,5,8H,1-2H2,(H,7,9). The van der Waals surface area contributed by atoms with Crippen LogP contribution in [0, 0.1) is 0 Å². The van der Waals surface area contributed by atoms with E-state index in [9.17, 15) is 0 Å². The van der Waals surface area contributed by atoms with Gasteiger partial charge in [0.15, 0.2) is 6.34 Å². The van der Waals surface area contributed by atoms with Crippen LogP contribution in [0.15, 0.2) is 16.9 Å². The predicted octanol–water partition coefficient (Wildman–Crippen LogP) is -0.302. The molecule has 9 heavy (non-hydrogen) atoms. The number of fused-ring (bicyclic) bond motifs is 1. The summed E-state index contributed by atoms with van der Waals surface area (Å²) in [4.78, 5) is 3.83. The quantitative estimate of drug-likeness (QED) is 0.462. The van der Waals surface area contributed by atoms with E-state index in [0.717, 1.165) is 13.0 Å². The van der Waals surface area contributed by atoms with E-state index in [0.29, 0.717) is 6.04 Å². The van der Waals surface area contributed by atoms with Gasteiger partial charge in [0.25, 0.3) is 0 Å². The molecule has 2 aliphatic heterocycles. The second-order valence-electron chi connectivity index (χ2n) is 2.24. The van der Waals surface area contributed by atoms with Gasteiger partial charge in [-0.1, -0.05) is 0 Å². The van der Waals surface area contributed by atoms with Crippen LogP contribution in [0.1, 0.15) is 6.42 Å². The second kappa shape index (κ2) is 1.76. The molecule has 0 saturated carbocycles. The molecule has 1 saturated heterocycles. The van der Waals surface area contributed by atoms with Crippen LogP contribution in [-0.2, 0) is 0 Å². The highest BCUT2D eigenvalue weighted by molar-refractivity contribution is 5.59. The number of hydrogen-bond acceptors (Lipinski definition) is 3. The van der Waals surface area contributed by atoms with Crippen LogP contribution >= 0.6 is 0 Å². The Kier molecular flexibility index (Phi) is 0.946. The normalized spacial score (nSPS) is 30.2. The largest absolute Gasteiger partial charge is 0.385 e. The lowest BCUT2D eigenvalue weighted by atomic mass is 10.2. The van der Waals surface area contributed by atoms with E-state index in [4.69, 9.17) is 0 Å². The summed E-state index contributed by atoms with van der Waals surface area (Å²) in [6, 6.07) is 0.461. The molecule has 0 aromatic carbocycles. The van der Waals surface area contributed by atoms with E-state index < -0.39 is 0 Å². The van der Waals surface area contributed by atoms with Gasteiger partial charge in [0.2, 0.25) is 0 Å². The van der Waals surface area contributed by atoms with Gasteiger partial charge in [-0.3, -0.25) is 0 Å². The van der Waals surface area contributed by atoms with Gasteiger partial charge in [0, 0.05) is 6.54 Å². The molecular formula is C6H8N3. The van der Waals surface area contributed by atoms with E-state index in [2.05, 4.69) is 22.0 Å². The summed E-state index contributed by atoms with van der Waals surface area (Å²) in [5.41, 5.74) is 1.20. The molecule has 2 N–H and O–H groups in total. The molecule has 2 rings (SSSR count). The van der Waals surface area contributed by atoms with Gasteiger partial charge in [-0.25, -0.2) is 4.99 Å². The number of nitrogens with one attached hydrogen (secondary N) is 2. The summed E-state index contributed by atoms with van der Waals surface area (Å²) >= 11 is 0. The Bertz CT molecular complexity index is 171. The first kappa shape index (κ1) is 4.85. The molecule has 1 unspecified atom stereocenters. The van der Waals surface area contributed by atoms with Crippen LogP contribution in [0.2, 0.25) is 0 Å². The van der Waals surface area contributed by atoms with Crippen molar-refractivity contribution in [2.75, 3.05) is 6.54 Å². The maximum absolute atomic E-state index is 3.83. The molecular weight excluding hydrogens is 114 g/mol. The Labute approximate surface area is 53.9 Å². The van der Waals surface area contributed by atoms with E-state index in [1.54, 1.807) is 0 Å². The molecule has 3 heteroatoms. The molecule has 2 aliphatic rings. The maximum atomic E-state index is 3.83. The Morgan fingerprint density at radius 3 is 3.67 bits per heavy atom. The van der Waals surface area contributed by atoms with Crippen molar-refractivity contribution in [1.29, 1.82) is 0 Å². The fourth-order valence-electron chi connectivity index (χ4n) is 1.14. The molecule has 2 heterocycles. The smallest absolute Gasteiger partial charge is 0.169 e. The molecule has 1 atom stereocenters. The fraction of sp³-hybridized carbons (Fsp3) is 0.500. The van der Waals surface area contributed by atoms with Crippen LogP contribution < -0.4 is 10.6 Å². The Hall–Kier alpha value is -0.990. The van der Waals surface area contributed by atoms with Crippen LogP contribution in [0.5, 0.6) is 0 Å². The molecule has 0 aromatic heterocycles. The highest BCUT2D eigenvalue weighted by Gasteiger charge is 2.20. The first-order chi connectivity index (χ1) is 4.47. The lowest BCUT2D eigenvalue weighted by Crippen LogP contribution is -2.30. The summed E-state index contributed by atoms with van der Waals surface area (Å²) in [6.07, 6.45) is 5.69. The number of aliphatic imine (C=N–C) groups is 1. The first-order valence-corrected chi connectivity index (χ1v) is 3.11. The van der Waals surface area contributed by atoms with Crippen molar-refractivity contribution in [1.82, 2.24) is 10.6 Å². The molecule has 1 fully saturated rings. The Balaban J connectivity index is 2.23. The highest BCUT2D eigenvalue weighted by Crippen LogP contribution is 2.11. The summed E-state index contributed by atoms with van der Waals surface area (Å²) < 4.78 is 0. The average Bonchev–Trinajstić information content (AvgIpc) is 2.33. The summed E-state index contributed by atoms with van der Waals surface area (Å²) in [6.45, 7) is 1.06. The van der Waals surface area contributed by atoms with E-state index in [1.165, 1.54) is 5.70 Å². The number of hydrogen-bond donors (Lipinski definition) is 2. The topological polar surface area (TPSA) is 36.4 Å². The summed E-state index contributed by atoms with van der Waals surface area (Å²) in [5, 5.41) is 6.26. The maximum Gasteiger partial charge on any atom is 0.169 e. The SMILES string of the molecule is [C]1=NC=C2NCCC2N1. The summed E-state index contributed by atoms with van der Waals surface area (Å²) in [7, 11) is 0. The zero-order valence-electron chi connectivity index (χ0n) is 5.02. The minimum atomic E-state index is 0.461. The van der Waals surface area contributed by atoms with Crippen molar-refractivity contribution in [3.8, 4) is 0 Å². The molecule has 47 valence electrons. The zero-order chi connectivity index (χ0) is 6.10. The lowest BCUT2D eigenvalue weighted by Gasteiger charge is -2.11. The average molecular weight is 122 g/mol. The monoisotopic (exact) mass is 122 g/mol. The van der Waals surface area contributed by atoms with Gasteiger partial charge in [-0.05, 0) is 6.42 Å². The van der Waals surface area contributed by atoms with Gasteiger partial charge in [0.1, 0.15) is 0 Å². The van der Waals surface area contributed by atoms with Gasteiger partial charge in [-0.15, -0.1) is 0 Å². The molecule has 3 nitrogen and oxygen atoms in total. The van der Waals surface area contributed by atoms with Crippen molar-refractivity contribution >= 4 is 6.34 Å². The Morgan fingerprint density at radius 1 is 1.78 bits per heavy atom. The number of rotatable bonds is 0. The second-order valence-corrected chi connectivity index (χ2v) is 2.24. The van der Waals surface area contributed by atoms with Crippen LogP contribution in [0.3, 0.4) is 0 Å². The van der Waals surface area contributed by atoms with Crippen molar-refractivity contribution in [3.05, 3.63) is 11.9 Å². The van der Waals surface area contributed by atoms with E-state index in [1.807, 2.05) is 6.20 Å². The highest BCUT2D eigenvalue weighted by atomic mass is 15.1. The zero-order valence-corrected chi connectivity index (χ0v) is 5.02. The fourth-order valence-corrected chi connectivity index (χ4v) is 1.14. The Morgan fingerprint density at radius 2 is 2.78 bits per heavy atom. The predicted molar refractivity (Wildman–Crippen MR) is 35.1 cm³/mol. The third-order valence-electron chi connectivity index (χ3n) is 1.64. The third kappa shape index (κ3) is 0.686. The van der Waals surface area contributed by atoms with Crippen LogP contribution in [0.25, 0.3) is 0 Å². The van der Waals surface area contributed by atoms with Crippen LogP contribution in [-0.4, -0.2) is 18.9 Å². The molecule has 1 radical (unpaired) electrons. The van der Waals surface area contributed by atoms with Crippen molar-refractivity contribution in [3.63, 3.8) is 0 Å². The van der Waals surface area contributed by atoms with Gasteiger partial charge < -0.3 is 10.6 Å². The van der Waals surface area contributed by atoms with Crippen LogP contribution in [0.4, 0.5) is 0 Å². The van der Waals surface area contributed by atoms with E-state index in [-0.39, 0.29) is 0 Å². The van der Waals surface area contributed by atoms with E-state index >= 15 is 0 Å². The third-order valence-corrected chi connectivity index (χ3v) is 1.64. The molecule has 0 amide bonds. The van der Waals surface area contributed by atoms with Gasteiger partial charge >= 0.3 is 0 Å². The van der Waals surface area contributed by atoms with Crippen molar-refractivity contribution in [2.45, 2.75) is 12.5 Å². The van der Waals surface area contributed by atoms with Gasteiger partial charge in [0.05, 0.1) is 17.9 Å². The van der Waals surface area contributed by atoms with Crippen molar-refractivity contribution < 1.29 is 0 Å². The molecule has 0 bridgehead atoms. The van der Waals surface area contributed by atoms with Crippen molar-refractivity contribution in [2.24, 2.45) is 4.99 Å². The lowest BCUT2D eigenvalue weighted by molar-refractivity contribution is 0.716. The minimum absolute atomic E-state index is 0.461. The molecule has 0 aliphatic carbocycles. The van der Waals surface area contributed by atoms with Gasteiger partial charge in [-0.2, -0.15) is 0 Å². The molecule has 0 spiro atoms. The number of nitrogens with zero attached hydrogens (tertiary/aromatic N) is 1.